The molecule has 2 atom stereocenters. The van der Waals surface area contributed by atoms with Crippen LogP contribution in [0.2, 0.25) is 0 Å². The summed E-state index contributed by atoms with van der Waals surface area (Å²) in [6.45, 7) is 6.57. The highest BCUT2D eigenvalue weighted by Crippen LogP contribution is 2.34. The summed E-state index contributed by atoms with van der Waals surface area (Å²) in [5.41, 5.74) is 0.546. The van der Waals surface area contributed by atoms with E-state index in [1.165, 1.54) is 6.42 Å². The second kappa shape index (κ2) is 7.09. The van der Waals surface area contributed by atoms with Gasteiger partial charge in [0.1, 0.15) is 0 Å². The maximum Gasteiger partial charge on any atom is 0.325 e. The van der Waals surface area contributed by atoms with Gasteiger partial charge in [0.2, 0.25) is 12.7 Å². The molecule has 2 heterocycles. The number of piperidine rings is 1. The minimum atomic E-state index is -0.544. The van der Waals surface area contributed by atoms with Crippen molar-refractivity contribution in [2.45, 2.75) is 20.3 Å². The van der Waals surface area contributed by atoms with Crippen LogP contribution in [0.3, 0.4) is 0 Å². The van der Waals surface area contributed by atoms with Crippen LogP contribution in [0.5, 0.6) is 11.5 Å². The molecule has 2 aliphatic heterocycles. The fourth-order valence-corrected chi connectivity index (χ4v) is 3.43. The maximum absolute atomic E-state index is 12.1. The van der Waals surface area contributed by atoms with Crippen LogP contribution in [0.15, 0.2) is 18.2 Å². The number of nitrogens with one attached hydrogen (secondary N) is 2. The number of hydrogen-bond donors (Lipinski definition) is 2. The third-order valence-electron chi connectivity index (χ3n) is 4.20. The summed E-state index contributed by atoms with van der Waals surface area (Å²) in [6, 6.07) is 4.54. The molecule has 1 aromatic carbocycles. The number of ether oxygens (including phenoxy) is 2. The Morgan fingerprint density at radius 2 is 1.88 bits per heavy atom. The van der Waals surface area contributed by atoms with Crippen LogP contribution >= 0.6 is 0 Å². The van der Waals surface area contributed by atoms with E-state index >= 15 is 0 Å². The highest BCUT2D eigenvalue weighted by atomic mass is 16.7. The molecule has 2 aliphatic rings. The average molecular weight is 333 g/mol. The van der Waals surface area contributed by atoms with Crippen LogP contribution in [-0.2, 0) is 4.79 Å². The Bertz CT molecular complexity index is 624. The first kappa shape index (κ1) is 16.6. The topological polar surface area (TPSA) is 79.9 Å². The number of urea groups is 1. The van der Waals surface area contributed by atoms with Crippen LogP contribution in [0, 0.1) is 11.8 Å². The van der Waals surface area contributed by atoms with Gasteiger partial charge in [0, 0.05) is 24.8 Å². The first-order chi connectivity index (χ1) is 11.5. The Balaban J connectivity index is 1.48. The molecule has 2 N–H and O–H groups in total. The van der Waals surface area contributed by atoms with Crippen LogP contribution < -0.4 is 20.1 Å². The third kappa shape index (κ3) is 4.17. The van der Waals surface area contributed by atoms with E-state index in [-0.39, 0.29) is 19.2 Å². The molecule has 0 bridgehead atoms. The van der Waals surface area contributed by atoms with Gasteiger partial charge in [0.15, 0.2) is 11.5 Å². The Kier molecular flexibility index (Phi) is 4.89. The number of carbonyl (C=O) groups excluding carboxylic acids is 2. The van der Waals surface area contributed by atoms with Gasteiger partial charge in [0.25, 0.3) is 0 Å². The molecular weight excluding hydrogens is 310 g/mol. The van der Waals surface area contributed by atoms with Crippen LogP contribution in [0.1, 0.15) is 20.3 Å². The Morgan fingerprint density at radius 3 is 2.62 bits per heavy atom. The molecule has 0 aliphatic carbocycles. The summed E-state index contributed by atoms with van der Waals surface area (Å²) in [5, 5.41) is 5.00. The van der Waals surface area contributed by atoms with Gasteiger partial charge >= 0.3 is 6.03 Å². The van der Waals surface area contributed by atoms with E-state index < -0.39 is 6.03 Å². The molecule has 1 saturated heterocycles. The summed E-state index contributed by atoms with van der Waals surface area (Å²) in [6.07, 6.45) is 1.18. The molecule has 0 unspecified atom stereocenters. The number of fused-ring (bicyclic) bond motifs is 1. The fraction of sp³-hybridized carbons (Fsp3) is 0.529. The van der Waals surface area contributed by atoms with Gasteiger partial charge in [0.05, 0.1) is 6.54 Å². The standard InChI is InChI=1S/C17H23N3O4/c1-11-5-12(2)8-20(7-11)9-16(21)19-17(22)18-13-3-4-14-15(6-13)24-10-23-14/h3-4,6,11-12H,5,7-10H2,1-2H3,(H2,18,19,21,22)/t11-,12-/m0/s1. The van der Waals surface area contributed by atoms with Gasteiger partial charge in [-0.05, 0) is 30.4 Å². The van der Waals surface area contributed by atoms with Crippen molar-refractivity contribution < 1.29 is 19.1 Å². The van der Waals surface area contributed by atoms with Crippen LogP contribution in [0.25, 0.3) is 0 Å². The normalized spacial score (nSPS) is 22.9. The van der Waals surface area contributed by atoms with Crippen molar-refractivity contribution in [2.24, 2.45) is 11.8 Å². The maximum atomic E-state index is 12.1. The van der Waals surface area contributed by atoms with Crippen LogP contribution in [-0.4, -0.2) is 43.3 Å². The summed E-state index contributed by atoms with van der Waals surface area (Å²) in [5.74, 6) is 2.07. The second-order valence-electron chi connectivity index (χ2n) is 6.71. The van der Waals surface area contributed by atoms with Gasteiger partial charge in [-0.3, -0.25) is 15.0 Å². The van der Waals surface area contributed by atoms with Gasteiger partial charge in [-0.2, -0.15) is 0 Å². The van der Waals surface area contributed by atoms with Crippen molar-refractivity contribution in [1.82, 2.24) is 10.2 Å². The fourth-order valence-electron chi connectivity index (χ4n) is 3.43. The SMILES string of the molecule is C[C@H]1C[C@H](C)CN(CC(=O)NC(=O)Nc2ccc3c(c2)OCO3)C1. The first-order valence-electron chi connectivity index (χ1n) is 8.22. The molecule has 3 amide bonds. The van der Waals surface area contributed by atoms with Gasteiger partial charge in [-0.15, -0.1) is 0 Å². The molecule has 0 saturated carbocycles. The van der Waals surface area contributed by atoms with E-state index in [2.05, 4.69) is 29.4 Å². The predicted octanol–water partition coefficient (Wildman–Crippen LogP) is 2.04. The minimum absolute atomic E-state index is 0.177. The number of anilines is 1. The Morgan fingerprint density at radius 1 is 1.17 bits per heavy atom. The Hall–Kier alpha value is -2.28. The van der Waals surface area contributed by atoms with E-state index in [0.717, 1.165) is 13.1 Å². The number of benzene rings is 1. The van der Waals surface area contributed by atoms with E-state index in [9.17, 15) is 9.59 Å². The summed E-state index contributed by atoms with van der Waals surface area (Å²) < 4.78 is 10.5. The number of amides is 3. The van der Waals surface area contributed by atoms with Crippen molar-refractivity contribution in [3.05, 3.63) is 18.2 Å². The molecule has 1 fully saturated rings. The van der Waals surface area contributed by atoms with Gasteiger partial charge in [-0.25, -0.2) is 4.79 Å². The molecular formula is C17H23N3O4. The highest BCUT2D eigenvalue weighted by molar-refractivity contribution is 6.01. The molecule has 7 heteroatoms. The molecule has 24 heavy (non-hydrogen) atoms. The lowest BCUT2D eigenvalue weighted by Gasteiger charge is -2.34. The van der Waals surface area contributed by atoms with Crippen molar-refractivity contribution in [3.8, 4) is 11.5 Å². The molecule has 0 radical (unpaired) electrons. The number of rotatable bonds is 3. The lowest BCUT2D eigenvalue weighted by atomic mass is 9.92. The van der Waals surface area contributed by atoms with Gasteiger partial charge < -0.3 is 14.8 Å². The zero-order valence-corrected chi connectivity index (χ0v) is 14.0. The number of hydrogen-bond acceptors (Lipinski definition) is 5. The van der Waals surface area contributed by atoms with Gasteiger partial charge in [-0.1, -0.05) is 13.8 Å². The molecule has 7 nitrogen and oxygen atoms in total. The van der Waals surface area contributed by atoms with Crippen LogP contribution in [0.4, 0.5) is 10.5 Å². The highest BCUT2D eigenvalue weighted by Gasteiger charge is 2.24. The number of likely N-dealkylation sites (tertiary alicyclic amines) is 1. The third-order valence-corrected chi connectivity index (χ3v) is 4.20. The van der Waals surface area contributed by atoms with Crippen molar-refractivity contribution >= 4 is 17.6 Å². The van der Waals surface area contributed by atoms with E-state index in [0.29, 0.717) is 29.0 Å². The largest absolute Gasteiger partial charge is 0.454 e. The zero-order chi connectivity index (χ0) is 17.1. The molecule has 1 aromatic rings. The quantitative estimate of drug-likeness (QED) is 0.885. The zero-order valence-electron chi connectivity index (χ0n) is 14.0. The number of carbonyl (C=O) groups is 2. The van der Waals surface area contributed by atoms with E-state index in [1.54, 1.807) is 18.2 Å². The number of imide groups is 1. The second-order valence-corrected chi connectivity index (χ2v) is 6.71. The van der Waals surface area contributed by atoms with Crippen molar-refractivity contribution in [3.63, 3.8) is 0 Å². The predicted molar refractivity (Wildman–Crippen MR) is 89.1 cm³/mol. The molecule has 0 aromatic heterocycles. The molecule has 130 valence electrons. The molecule has 3 rings (SSSR count). The van der Waals surface area contributed by atoms with Crippen molar-refractivity contribution in [2.75, 3.05) is 31.7 Å². The van der Waals surface area contributed by atoms with E-state index in [4.69, 9.17) is 9.47 Å². The van der Waals surface area contributed by atoms with E-state index in [1.807, 2.05) is 0 Å². The Labute approximate surface area is 141 Å². The minimum Gasteiger partial charge on any atom is -0.454 e. The monoisotopic (exact) mass is 333 g/mol. The first-order valence-corrected chi connectivity index (χ1v) is 8.22. The van der Waals surface area contributed by atoms with Crippen molar-refractivity contribution in [1.29, 1.82) is 0 Å². The molecule has 0 spiro atoms. The lowest BCUT2D eigenvalue weighted by molar-refractivity contribution is -0.121. The smallest absolute Gasteiger partial charge is 0.325 e. The summed E-state index contributed by atoms with van der Waals surface area (Å²) >= 11 is 0. The summed E-state index contributed by atoms with van der Waals surface area (Å²) in [7, 11) is 0. The lowest BCUT2D eigenvalue weighted by Crippen LogP contribution is -2.46. The number of nitrogens with zero attached hydrogens (tertiary/aromatic N) is 1. The average Bonchev–Trinajstić information content (AvgIpc) is 2.93. The summed E-state index contributed by atoms with van der Waals surface area (Å²) in [4.78, 5) is 26.1.